The minimum absolute atomic E-state index is 0.748. The molecule has 0 N–H and O–H groups in total. The number of hydrogen-bond donors (Lipinski definition) is 0. The van der Waals surface area contributed by atoms with Crippen molar-refractivity contribution in [3.05, 3.63) is 49.1 Å². The molecule has 0 aromatic carbocycles. The first-order valence-electron chi connectivity index (χ1n) is 20.6. The summed E-state index contributed by atoms with van der Waals surface area (Å²) in [6, 6.07) is 11.0. The molecule has 0 amide bonds. The zero-order valence-electron chi connectivity index (χ0n) is 32.9. The fourth-order valence-electron chi connectivity index (χ4n) is 7.12. The molecule has 0 saturated carbocycles. The quantitative estimate of drug-likeness (QED) is 0.0556. The Hall–Kier alpha value is -2.19. The summed E-state index contributed by atoms with van der Waals surface area (Å²) in [7, 11) is 1.50. The van der Waals surface area contributed by atoms with Gasteiger partial charge in [0.25, 0.3) is 0 Å². The molecular weight excluding hydrogens is 641 g/mol. The molecule has 3 rings (SSSR count). The molecule has 50 heavy (non-hydrogen) atoms. The zero-order chi connectivity index (χ0) is 35.8. The van der Waals surface area contributed by atoms with Gasteiger partial charge < -0.3 is 0 Å². The standard InChI is InChI=1S/C44H70N4Si2/c1-7-9-11-19-35(3)21-13-23-37(5)25-17-31-49-41-27-15-29-45-43(41)39-33-48-40(34-47-39)44-42(28-16-30-46-44)50-32-18-26-38(6)24-14-22-36(4)20-12-10-8-2/h15-16,27-30,33-38H,7-14,17-26,31-32H2,1-6H3. The van der Waals surface area contributed by atoms with Crippen LogP contribution in [0.3, 0.4) is 0 Å². The minimum Gasteiger partial charge on any atom is -0.255 e. The van der Waals surface area contributed by atoms with Gasteiger partial charge in [-0.25, -0.2) is 0 Å². The highest BCUT2D eigenvalue weighted by atomic mass is 28.2. The van der Waals surface area contributed by atoms with Gasteiger partial charge in [0.15, 0.2) is 0 Å². The van der Waals surface area contributed by atoms with Gasteiger partial charge in [-0.1, -0.05) is 181 Å². The van der Waals surface area contributed by atoms with E-state index in [2.05, 4.69) is 65.8 Å². The highest BCUT2D eigenvalue weighted by Gasteiger charge is 2.14. The third-order valence-corrected chi connectivity index (χ3v) is 13.3. The van der Waals surface area contributed by atoms with E-state index < -0.39 is 0 Å². The first kappa shape index (κ1) is 42.2. The second-order valence-corrected chi connectivity index (χ2v) is 18.3. The lowest BCUT2D eigenvalue weighted by atomic mass is 9.93. The van der Waals surface area contributed by atoms with Gasteiger partial charge in [0.2, 0.25) is 0 Å². The van der Waals surface area contributed by atoms with Crippen molar-refractivity contribution in [2.45, 2.75) is 169 Å². The van der Waals surface area contributed by atoms with Crippen molar-refractivity contribution in [2.24, 2.45) is 23.7 Å². The number of rotatable bonds is 28. The van der Waals surface area contributed by atoms with Crippen LogP contribution >= 0.6 is 0 Å². The SMILES string of the molecule is CCCCCC(C)CCCC(C)CCC[Si]c1cccnc1-c1cnc(-c2ncccc2[Si]CCCC(C)CCCC(C)CCCCC)cn1. The van der Waals surface area contributed by atoms with E-state index in [0.29, 0.717) is 0 Å². The maximum Gasteiger partial charge on any atom is 0.107 e. The van der Waals surface area contributed by atoms with Gasteiger partial charge in [0.1, 0.15) is 11.4 Å². The molecule has 274 valence electrons. The topological polar surface area (TPSA) is 51.6 Å². The number of aromatic nitrogens is 4. The highest BCUT2D eigenvalue weighted by Crippen LogP contribution is 2.23. The molecule has 0 bridgehead atoms. The Balaban J connectivity index is 1.42. The fraction of sp³-hybridized carbons (Fsp3) is 0.682. The summed E-state index contributed by atoms with van der Waals surface area (Å²) in [5.74, 6) is 3.41. The first-order chi connectivity index (χ1) is 24.4. The normalized spacial score (nSPS) is 14.0. The number of nitrogens with zero attached hydrogens (tertiary/aromatic N) is 4. The number of hydrogen-bond acceptors (Lipinski definition) is 4. The Morgan fingerprint density at radius 1 is 0.460 bits per heavy atom. The number of pyridine rings is 2. The average molecular weight is 711 g/mol. The molecule has 3 aromatic rings. The van der Waals surface area contributed by atoms with Crippen molar-refractivity contribution >= 4 is 29.4 Å². The molecule has 3 heterocycles. The van der Waals surface area contributed by atoms with Crippen molar-refractivity contribution in [3.8, 4) is 22.8 Å². The maximum absolute atomic E-state index is 4.88. The van der Waals surface area contributed by atoms with Gasteiger partial charge in [-0.15, -0.1) is 0 Å². The molecule has 4 atom stereocenters. The van der Waals surface area contributed by atoms with Gasteiger partial charge in [0, 0.05) is 12.4 Å². The van der Waals surface area contributed by atoms with E-state index >= 15 is 0 Å². The van der Waals surface area contributed by atoms with Crippen LogP contribution in [0, 0.1) is 23.7 Å². The van der Waals surface area contributed by atoms with E-state index in [4.69, 9.17) is 19.9 Å². The molecule has 0 spiro atoms. The average Bonchev–Trinajstić information content (AvgIpc) is 3.12. The van der Waals surface area contributed by atoms with Crippen LogP contribution in [0.4, 0.5) is 0 Å². The Morgan fingerprint density at radius 2 is 0.820 bits per heavy atom. The molecule has 0 aliphatic rings. The van der Waals surface area contributed by atoms with Crippen LogP contribution in [0.25, 0.3) is 22.8 Å². The van der Waals surface area contributed by atoms with Gasteiger partial charge in [-0.05, 0) is 46.2 Å². The zero-order valence-corrected chi connectivity index (χ0v) is 34.9. The lowest BCUT2D eigenvalue weighted by molar-refractivity contribution is 0.400. The molecule has 0 fully saturated rings. The van der Waals surface area contributed by atoms with Crippen molar-refractivity contribution in [2.75, 3.05) is 0 Å². The lowest BCUT2D eigenvalue weighted by Gasteiger charge is -2.14. The van der Waals surface area contributed by atoms with Gasteiger partial charge in [-0.3, -0.25) is 19.9 Å². The molecule has 4 nitrogen and oxygen atoms in total. The van der Waals surface area contributed by atoms with Crippen LogP contribution in [-0.4, -0.2) is 39.0 Å². The van der Waals surface area contributed by atoms with Gasteiger partial charge in [-0.2, -0.15) is 0 Å². The van der Waals surface area contributed by atoms with Crippen molar-refractivity contribution < 1.29 is 0 Å². The van der Waals surface area contributed by atoms with Crippen LogP contribution in [0.1, 0.15) is 157 Å². The Kier molecular flexibility index (Phi) is 21.7. The summed E-state index contributed by atoms with van der Waals surface area (Å²) in [5.41, 5.74) is 3.70. The van der Waals surface area contributed by atoms with E-state index in [9.17, 15) is 0 Å². The first-order valence-corrected chi connectivity index (χ1v) is 23.0. The Morgan fingerprint density at radius 3 is 1.18 bits per heavy atom. The summed E-state index contributed by atoms with van der Waals surface area (Å²) < 4.78 is 0. The molecule has 4 radical (unpaired) electrons. The van der Waals surface area contributed by atoms with E-state index in [1.54, 1.807) is 0 Å². The molecular formula is C44H70N4Si2. The molecule has 0 saturated heterocycles. The molecule has 0 aliphatic heterocycles. The summed E-state index contributed by atoms with van der Waals surface area (Å²) in [4.78, 5) is 19.3. The van der Waals surface area contributed by atoms with Gasteiger partial charge >= 0.3 is 0 Å². The van der Waals surface area contributed by atoms with E-state index in [0.717, 1.165) is 65.5 Å². The van der Waals surface area contributed by atoms with Crippen LogP contribution in [0.5, 0.6) is 0 Å². The van der Waals surface area contributed by atoms with Crippen LogP contribution < -0.4 is 10.4 Å². The second kappa shape index (κ2) is 25.7. The van der Waals surface area contributed by atoms with Crippen LogP contribution in [0.15, 0.2) is 49.1 Å². The van der Waals surface area contributed by atoms with Crippen molar-refractivity contribution in [1.29, 1.82) is 0 Å². The largest absolute Gasteiger partial charge is 0.255 e. The third-order valence-electron chi connectivity index (χ3n) is 10.5. The summed E-state index contributed by atoms with van der Waals surface area (Å²) in [5, 5.41) is 2.61. The Labute approximate surface area is 313 Å². The summed E-state index contributed by atoms with van der Waals surface area (Å²) in [6.45, 7) is 14.4. The molecule has 3 aromatic heterocycles. The lowest BCUT2D eigenvalue weighted by Crippen LogP contribution is -2.19. The summed E-state index contributed by atoms with van der Waals surface area (Å²) in [6.07, 6.45) is 32.2. The van der Waals surface area contributed by atoms with Gasteiger partial charge in [0.05, 0.1) is 42.8 Å². The van der Waals surface area contributed by atoms with Crippen molar-refractivity contribution in [1.82, 2.24) is 19.9 Å². The molecule has 4 unspecified atom stereocenters. The fourth-order valence-corrected chi connectivity index (χ4v) is 9.57. The third kappa shape index (κ3) is 16.9. The predicted octanol–water partition coefficient (Wildman–Crippen LogP) is 11.7. The Bertz CT molecular complexity index is 1180. The smallest absolute Gasteiger partial charge is 0.107 e. The van der Waals surface area contributed by atoms with Crippen LogP contribution in [-0.2, 0) is 0 Å². The monoisotopic (exact) mass is 711 g/mol. The van der Waals surface area contributed by atoms with Crippen LogP contribution in [0.2, 0.25) is 12.1 Å². The van der Waals surface area contributed by atoms with Crippen molar-refractivity contribution in [3.63, 3.8) is 0 Å². The van der Waals surface area contributed by atoms with E-state index in [1.165, 1.54) is 138 Å². The second-order valence-electron chi connectivity index (χ2n) is 15.5. The van der Waals surface area contributed by atoms with E-state index in [-0.39, 0.29) is 0 Å². The highest BCUT2D eigenvalue weighted by molar-refractivity contribution is 6.55. The van der Waals surface area contributed by atoms with E-state index in [1.807, 2.05) is 24.8 Å². The minimum atomic E-state index is 0.748. The number of unbranched alkanes of at least 4 members (excludes halogenated alkanes) is 4. The summed E-state index contributed by atoms with van der Waals surface area (Å²) >= 11 is 0. The maximum atomic E-state index is 4.88. The molecule has 0 aliphatic carbocycles. The molecule has 6 heteroatoms. The predicted molar refractivity (Wildman–Crippen MR) is 220 cm³/mol.